The van der Waals surface area contributed by atoms with Crippen molar-refractivity contribution in [1.29, 1.82) is 0 Å². The van der Waals surface area contributed by atoms with Crippen LogP contribution in [-0.4, -0.2) is 40.6 Å². The lowest BCUT2D eigenvalue weighted by Crippen LogP contribution is -2.37. The molecule has 24 heavy (non-hydrogen) atoms. The number of carbonyl (C=O) groups is 1. The molecule has 0 aliphatic carbocycles. The highest BCUT2D eigenvalue weighted by Gasteiger charge is 2.21. The van der Waals surface area contributed by atoms with E-state index in [1.54, 1.807) is 27.0 Å². The molecular weight excluding hydrogens is 332 g/mol. The van der Waals surface area contributed by atoms with Crippen molar-refractivity contribution in [2.75, 3.05) is 20.2 Å². The fraction of sp³-hybridized carbons (Fsp3) is 0.438. The van der Waals surface area contributed by atoms with Crippen molar-refractivity contribution in [1.82, 2.24) is 10.0 Å². The number of furan rings is 1. The molecule has 8 heteroatoms. The summed E-state index contributed by atoms with van der Waals surface area (Å²) in [5.41, 5.74) is 1.00. The van der Waals surface area contributed by atoms with Gasteiger partial charge in [0.25, 0.3) is 0 Å². The van der Waals surface area contributed by atoms with E-state index in [2.05, 4.69) is 10.0 Å². The Morgan fingerprint density at radius 1 is 1.38 bits per heavy atom. The summed E-state index contributed by atoms with van der Waals surface area (Å²) in [4.78, 5) is 12.0. The molecule has 2 N–H and O–H groups in total. The first-order valence-electron chi connectivity index (χ1n) is 7.67. The Labute approximate surface area is 141 Å². The van der Waals surface area contributed by atoms with E-state index in [0.717, 1.165) is 0 Å². The van der Waals surface area contributed by atoms with Crippen LogP contribution in [-0.2, 0) is 14.8 Å². The summed E-state index contributed by atoms with van der Waals surface area (Å²) in [5.74, 6) is -0.463. The van der Waals surface area contributed by atoms with Crippen LogP contribution < -0.4 is 10.0 Å². The number of rotatable bonds is 7. The molecular formula is C16H22N2O5S. The number of esters is 1. The van der Waals surface area contributed by atoms with E-state index >= 15 is 0 Å². The second-order valence-electron chi connectivity index (χ2n) is 5.48. The molecule has 0 saturated heterocycles. The van der Waals surface area contributed by atoms with E-state index in [-0.39, 0.29) is 29.8 Å². The molecule has 0 fully saturated rings. The van der Waals surface area contributed by atoms with Gasteiger partial charge in [-0.05, 0) is 46.0 Å². The summed E-state index contributed by atoms with van der Waals surface area (Å²) in [6, 6.07) is 4.51. The predicted octanol–water partition coefficient (Wildman–Crippen LogP) is 1.80. The van der Waals surface area contributed by atoms with Gasteiger partial charge in [0.1, 0.15) is 5.58 Å². The van der Waals surface area contributed by atoms with Crippen molar-refractivity contribution in [3.05, 3.63) is 29.5 Å². The lowest BCUT2D eigenvalue weighted by atomic mass is 10.1. The first-order valence-corrected chi connectivity index (χ1v) is 9.15. The van der Waals surface area contributed by atoms with Gasteiger partial charge in [0.05, 0.1) is 11.5 Å². The van der Waals surface area contributed by atoms with Crippen LogP contribution in [0.4, 0.5) is 0 Å². The zero-order chi connectivity index (χ0) is 17.9. The molecule has 0 spiro atoms. The lowest BCUT2D eigenvalue weighted by molar-refractivity contribution is 0.0491. The summed E-state index contributed by atoms with van der Waals surface area (Å²) >= 11 is 0. The molecule has 0 radical (unpaired) electrons. The minimum absolute atomic E-state index is 0.00887. The number of carbonyl (C=O) groups excluding carboxylic acids is 1. The highest BCUT2D eigenvalue weighted by molar-refractivity contribution is 7.89. The van der Waals surface area contributed by atoms with Crippen LogP contribution in [0.1, 0.15) is 30.0 Å². The van der Waals surface area contributed by atoms with Gasteiger partial charge in [0.2, 0.25) is 15.8 Å². The van der Waals surface area contributed by atoms with Crippen molar-refractivity contribution in [2.45, 2.75) is 31.7 Å². The summed E-state index contributed by atoms with van der Waals surface area (Å²) in [7, 11) is -1.88. The molecule has 0 amide bonds. The quantitative estimate of drug-likeness (QED) is 0.736. The molecule has 0 aliphatic rings. The van der Waals surface area contributed by atoms with E-state index in [9.17, 15) is 13.2 Å². The molecule has 1 heterocycles. The Balaban J connectivity index is 2.37. The smallest absolute Gasteiger partial charge is 0.374 e. The van der Waals surface area contributed by atoms with Crippen LogP contribution in [0.2, 0.25) is 0 Å². The molecule has 0 saturated carbocycles. The molecule has 1 atom stereocenters. The number of nitrogens with one attached hydrogen (secondary N) is 2. The number of aryl methyl sites for hydroxylation is 1. The van der Waals surface area contributed by atoms with Crippen LogP contribution >= 0.6 is 0 Å². The van der Waals surface area contributed by atoms with E-state index in [1.807, 2.05) is 6.92 Å². The van der Waals surface area contributed by atoms with Crippen LogP contribution in [0.25, 0.3) is 11.0 Å². The Morgan fingerprint density at radius 2 is 2.08 bits per heavy atom. The highest BCUT2D eigenvalue weighted by atomic mass is 32.2. The monoisotopic (exact) mass is 354 g/mol. The zero-order valence-corrected chi connectivity index (χ0v) is 15.0. The maximum Gasteiger partial charge on any atom is 0.374 e. The van der Waals surface area contributed by atoms with E-state index < -0.39 is 16.0 Å². The van der Waals surface area contributed by atoms with E-state index in [4.69, 9.17) is 9.15 Å². The topological polar surface area (TPSA) is 97.6 Å². The second-order valence-corrected chi connectivity index (χ2v) is 7.24. The average Bonchev–Trinajstić information content (AvgIpc) is 2.89. The average molecular weight is 354 g/mol. The normalized spacial score (nSPS) is 13.2. The summed E-state index contributed by atoms with van der Waals surface area (Å²) in [6.07, 6.45) is 0. The minimum atomic E-state index is -3.64. The first kappa shape index (κ1) is 18.4. The van der Waals surface area contributed by atoms with E-state index in [1.165, 1.54) is 12.1 Å². The Morgan fingerprint density at radius 3 is 2.71 bits per heavy atom. The standard InChI is InChI=1S/C16H22N2O5S/c1-5-22-16(19)15-11(3)13-8-12(6-7-14(13)23-15)24(20,21)18-9-10(2)17-4/h6-8,10,17-18H,5,9H2,1-4H3. The Bertz CT molecular complexity index is 842. The molecule has 0 aliphatic heterocycles. The fourth-order valence-corrected chi connectivity index (χ4v) is 3.33. The summed E-state index contributed by atoms with van der Waals surface area (Å²) in [6.45, 7) is 5.79. The minimum Gasteiger partial charge on any atom is -0.460 e. The van der Waals surface area contributed by atoms with Gasteiger partial charge in [-0.25, -0.2) is 17.9 Å². The van der Waals surface area contributed by atoms with Gasteiger partial charge in [-0.3, -0.25) is 0 Å². The third kappa shape index (κ3) is 3.77. The summed E-state index contributed by atoms with van der Waals surface area (Å²) < 4.78 is 37.8. The van der Waals surface area contributed by atoms with Gasteiger partial charge in [-0.1, -0.05) is 0 Å². The van der Waals surface area contributed by atoms with Crippen molar-refractivity contribution < 1.29 is 22.4 Å². The van der Waals surface area contributed by atoms with Gasteiger partial charge in [0.15, 0.2) is 0 Å². The molecule has 2 rings (SSSR count). The number of likely N-dealkylation sites (N-methyl/N-ethyl adjacent to an activating group) is 1. The second kappa shape index (κ2) is 7.33. The molecule has 2 aromatic rings. The maximum absolute atomic E-state index is 12.4. The molecule has 132 valence electrons. The molecule has 0 bridgehead atoms. The molecule has 1 aromatic heterocycles. The van der Waals surface area contributed by atoms with Crippen LogP contribution in [0, 0.1) is 6.92 Å². The SMILES string of the molecule is CCOC(=O)c1oc2ccc(S(=O)(=O)NCC(C)NC)cc2c1C. The Kier molecular flexibility index (Phi) is 5.63. The van der Waals surface area contributed by atoms with Crippen molar-refractivity contribution in [2.24, 2.45) is 0 Å². The number of hydrogen-bond acceptors (Lipinski definition) is 6. The third-order valence-electron chi connectivity index (χ3n) is 3.75. The Hall–Kier alpha value is -1.90. The van der Waals surface area contributed by atoms with Gasteiger partial charge < -0.3 is 14.5 Å². The first-order chi connectivity index (χ1) is 11.3. The molecule has 1 unspecified atom stereocenters. The fourth-order valence-electron chi connectivity index (χ4n) is 2.18. The van der Waals surface area contributed by atoms with Crippen LogP contribution in [0.3, 0.4) is 0 Å². The number of fused-ring (bicyclic) bond motifs is 1. The maximum atomic E-state index is 12.4. The van der Waals surface area contributed by atoms with Gasteiger partial charge in [-0.15, -0.1) is 0 Å². The van der Waals surface area contributed by atoms with Gasteiger partial charge in [0, 0.05) is 23.5 Å². The predicted molar refractivity (Wildman–Crippen MR) is 90.6 cm³/mol. The third-order valence-corrected chi connectivity index (χ3v) is 5.17. The number of sulfonamides is 1. The van der Waals surface area contributed by atoms with Crippen molar-refractivity contribution >= 4 is 27.0 Å². The van der Waals surface area contributed by atoms with Crippen LogP contribution in [0.15, 0.2) is 27.5 Å². The number of ether oxygens (including phenoxy) is 1. The zero-order valence-electron chi connectivity index (χ0n) is 14.2. The molecule has 1 aromatic carbocycles. The van der Waals surface area contributed by atoms with Crippen molar-refractivity contribution in [3.63, 3.8) is 0 Å². The highest BCUT2D eigenvalue weighted by Crippen LogP contribution is 2.28. The lowest BCUT2D eigenvalue weighted by Gasteiger charge is -2.12. The van der Waals surface area contributed by atoms with Gasteiger partial charge in [-0.2, -0.15) is 0 Å². The van der Waals surface area contributed by atoms with Crippen LogP contribution in [0.5, 0.6) is 0 Å². The van der Waals surface area contributed by atoms with Gasteiger partial charge >= 0.3 is 5.97 Å². The number of benzene rings is 1. The van der Waals surface area contributed by atoms with E-state index in [0.29, 0.717) is 16.5 Å². The van der Waals surface area contributed by atoms with Crippen molar-refractivity contribution in [3.8, 4) is 0 Å². The molecule has 7 nitrogen and oxygen atoms in total. The summed E-state index contributed by atoms with van der Waals surface area (Å²) in [5, 5.41) is 3.53. The largest absolute Gasteiger partial charge is 0.460 e. The number of hydrogen-bond donors (Lipinski definition) is 2.